The maximum atomic E-state index is 10.8. The van der Waals surface area contributed by atoms with Crippen LogP contribution in [0.2, 0.25) is 0 Å². The molecule has 0 aromatic heterocycles. The van der Waals surface area contributed by atoms with Gasteiger partial charge in [0.2, 0.25) is 0 Å². The largest absolute Gasteiger partial charge is 0.465 e. The Hall–Kier alpha value is -0.810. The van der Waals surface area contributed by atoms with E-state index in [0.29, 0.717) is 11.8 Å². The van der Waals surface area contributed by atoms with Crippen molar-refractivity contribution in [3.63, 3.8) is 0 Å². The van der Waals surface area contributed by atoms with Crippen molar-refractivity contribution in [2.45, 2.75) is 0 Å². The number of piperazine rings is 1. The molecule has 1 unspecified atom stereocenters. The summed E-state index contributed by atoms with van der Waals surface area (Å²) >= 11 is 0. The summed E-state index contributed by atoms with van der Waals surface area (Å²) < 4.78 is 0. The summed E-state index contributed by atoms with van der Waals surface area (Å²) in [5.74, 6) is 2.09. The van der Waals surface area contributed by atoms with Crippen molar-refractivity contribution in [2.75, 3.05) is 45.8 Å². The summed E-state index contributed by atoms with van der Waals surface area (Å²) in [6, 6.07) is 0. The van der Waals surface area contributed by atoms with Gasteiger partial charge in [0.05, 0.1) is 0 Å². The molecule has 3 rings (SSSR count). The van der Waals surface area contributed by atoms with E-state index < -0.39 is 6.09 Å². The molecule has 0 aromatic rings. The summed E-state index contributed by atoms with van der Waals surface area (Å²) in [6.45, 7) is 7.24. The van der Waals surface area contributed by atoms with Crippen molar-refractivity contribution < 1.29 is 9.90 Å². The number of nitrogens with zero attached hydrogens (tertiary/aromatic N) is 2. The molecule has 1 aliphatic carbocycles. The van der Waals surface area contributed by atoms with Crippen LogP contribution >= 0.6 is 0 Å². The average molecular weight is 225 g/mol. The molecule has 5 nitrogen and oxygen atoms in total. The van der Waals surface area contributed by atoms with Crippen molar-refractivity contribution in [3.05, 3.63) is 0 Å². The van der Waals surface area contributed by atoms with E-state index in [0.717, 1.165) is 45.2 Å². The van der Waals surface area contributed by atoms with Crippen LogP contribution in [0.4, 0.5) is 4.79 Å². The number of carbonyl (C=O) groups is 1. The highest BCUT2D eigenvalue weighted by molar-refractivity contribution is 5.65. The number of hydrogen-bond donors (Lipinski definition) is 2. The summed E-state index contributed by atoms with van der Waals surface area (Å²) in [4.78, 5) is 14.9. The molecule has 3 fully saturated rings. The van der Waals surface area contributed by atoms with Crippen molar-refractivity contribution >= 4 is 6.09 Å². The van der Waals surface area contributed by atoms with E-state index in [1.807, 2.05) is 0 Å². The summed E-state index contributed by atoms with van der Waals surface area (Å²) in [6.07, 6.45) is -0.742. The molecule has 5 heteroatoms. The van der Waals surface area contributed by atoms with E-state index in [4.69, 9.17) is 5.11 Å². The highest BCUT2D eigenvalue weighted by atomic mass is 16.4. The molecule has 0 spiro atoms. The zero-order chi connectivity index (χ0) is 11.1. The average Bonchev–Trinajstić information content (AvgIpc) is 2.76. The third-order valence-corrected chi connectivity index (χ3v) is 4.32. The maximum Gasteiger partial charge on any atom is 0.407 e. The van der Waals surface area contributed by atoms with Gasteiger partial charge >= 0.3 is 6.09 Å². The molecule has 3 aliphatic rings. The maximum absolute atomic E-state index is 10.8. The van der Waals surface area contributed by atoms with Crippen molar-refractivity contribution in [1.29, 1.82) is 0 Å². The minimum absolute atomic E-state index is 0.658. The van der Waals surface area contributed by atoms with Gasteiger partial charge in [0, 0.05) is 45.8 Å². The quantitative estimate of drug-likeness (QED) is 0.680. The van der Waals surface area contributed by atoms with Crippen LogP contribution < -0.4 is 5.32 Å². The number of nitrogens with one attached hydrogen (secondary N) is 1. The van der Waals surface area contributed by atoms with Gasteiger partial charge < -0.3 is 20.2 Å². The van der Waals surface area contributed by atoms with Gasteiger partial charge in [0.15, 0.2) is 0 Å². The molecule has 1 amide bonds. The smallest absolute Gasteiger partial charge is 0.407 e. The number of piperidine rings is 1. The van der Waals surface area contributed by atoms with Crippen molar-refractivity contribution in [2.24, 2.45) is 17.8 Å². The van der Waals surface area contributed by atoms with Crippen LogP contribution in [-0.4, -0.2) is 66.8 Å². The molecule has 2 heterocycles. The Morgan fingerprint density at radius 3 is 2.44 bits per heavy atom. The van der Waals surface area contributed by atoms with Crippen molar-refractivity contribution in [1.82, 2.24) is 15.1 Å². The predicted octanol–water partition coefficient (Wildman–Crippen LogP) is -0.253. The van der Waals surface area contributed by atoms with Gasteiger partial charge in [-0.15, -0.1) is 0 Å². The summed E-state index contributed by atoms with van der Waals surface area (Å²) in [5, 5.41) is 12.2. The van der Waals surface area contributed by atoms with Gasteiger partial charge in [-0.1, -0.05) is 0 Å². The highest BCUT2D eigenvalue weighted by Gasteiger charge is 2.56. The van der Waals surface area contributed by atoms with Crippen LogP contribution in [0.25, 0.3) is 0 Å². The van der Waals surface area contributed by atoms with Crippen LogP contribution in [-0.2, 0) is 0 Å². The van der Waals surface area contributed by atoms with E-state index in [9.17, 15) is 4.79 Å². The lowest BCUT2D eigenvalue weighted by molar-refractivity contribution is 0.144. The number of fused-ring (bicyclic) bond motifs is 1. The van der Waals surface area contributed by atoms with Crippen LogP contribution in [0.3, 0.4) is 0 Å². The Labute approximate surface area is 95.4 Å². The number of likely N-dealkylation sites (tertiary alicyclic amines) is 1. The second kappa shape index (κ2) is 3.89. The van der Waals surface area contributed by atoms with Gasteiger partial charge in [-0.2, -0.15) is 0 Å². The second-order valence-electron chi connectivity index (χ2n) is 5.23. The predicted molar refractivity (Wildman–Crippen MR) is 59.4 cm³/mol. The van der Waals surface area contributed by atoms with Crippen LogP contribution in [0, 0.1) is 17.8 Å². The first-order valence-electron chi connectivity index (χ1n) is 6.16. The first-order valence-corrected chi connectivity index (χ1v) is 6.16. The molecule has 2 saturated heterocycles. The van der Waals surface area contributed by atoms with Gasteiger partial charge in [0.25, 0.3) is 0 Å². The van der Waals surface area contributed by atoms with E-state index in [-0.39, 0.29) is 0 Å². The molecule has 2 N–H and O–H groups in total. The molecule has 3 atom stereocenters. The SMILES string of the molecule is O=C(O)N1C[C@@H]2C(CN3CCNCC3)[C@@H]2C1. The molecule has 0 radical (unpaired) electrons. The van der Waals surface area contributed by atoms with E-state index >= 15 is 0 Å². The monoisotopic (exact) mass is 225 g/mol. The fraction of sp³-hybridized carbons (Fsp3) is 0.909. The number of rotatable bonds is 2. The first kappa shape index (κ1) is 10.4. The number of carboxylic acid groups (broad SMARTS) is 1. The third kappa shape index (κ3) is 1.78. The standard InChI is InChI=1S/C11H19N3O2/c15-11(16)14-6-9-8(10(9)7-14)5-13-3-1-12-2-4-13/h8-10,12H,1-7H2,(H,15,16)/t8?,9-,10+. The zero-order valence-corrected chi connectivity index (χ0v) is 9.43. The van der Waals surface area contributed by atoms with Gasteiger partial charge in [0.1, 0.15) is 0 Å². The minimum atomic E-state index is -0.742. The fourth-order valence-electron chi connectivity index (χ4n) is 3.27. The normalized spacial score (nSPS) is 38.5. The molecule has 0 aromatic carbocycles. The van der Waals surface area contributed by atoms with Gasteiger partial charge in [-0.25, -0.2) is 4.79 Å². The molecule has 1 saturated carbocycles. The molecular weight excluding hydrogens is 206 g/mol. The zero-order valence-electron chi connectivity index (χ0n) is 9.43. The Morgan fingerprint density at radius 1 is 1.25 bits per heavy atom. The lowest BCUT2D eigenvalue weighted by Crippen LogP contribution is -2.45. The first-order chi connectivity index (χ1) is 7.75. The van der Waals surface area contributed by atoms with Gasteiger partial charge in [-0.05, 0) is 17.8 Å². The molecule has 90 valence electrons. The Balaban J connectivity index is 1.46. The Kier molecular flexibility index (Phi) is 2.52. The molecule has 2 aliphatic heterocycles. The summed E-state index contributed by atoms with van der Waals surface area (Å²) in [5.41, 5.74) is 0. The van der Waals surface area contributed by atoms with Gasteiger partial charge in [-0.3, -0.25) is 0 Å². The Morgan fingerprint density at radius 2 is 1.88 bits per heavy atom. The molecule has 0 bridgehead atoms. The molecule has 16 heavy (non-hydrogen) atoms. The van der Waals surface area contributed by atoms with Crippen LogP contribution in [0.15, 0.2) is 0 Å². The van der Waals surface area contributed by atoms with Crippen LogP contribution in [0.1, 0.15) is 0 Å². The lowest BCUT2D eigenvalue weighted by Gasteiger charge is -2.28. The highest BCUT2D eigenvalue weighted by Crippen LogP contribution is 2.51. The number of hydrogen-bond acceptors (Lipinski definition) is 3. The Bertz CT molecular complexity index is 279. The van der Waals surface area contributed by atoms with E-state index in [1.165, 1.54) is 6.54 Å². The fourth-order valence-corrected chi connectivity index (χ4v) is 3.27. The minimum Gasteiger partial charge on any atom is -0.465 e. The topological polar surface area (TPSA) is 55.8 Å². The summed E-state index contributed by atoms with van der Waals surface area (Å²) in [7, 11) is 0. The number of amides is 1. The van der Waals surface area contributed by atoms with E-state index in [2.05, 4.69) is 10.2 Å². The lowest BCUT2D eigenvalue weighted by atomic mass is 10.2. The van der Waals surface area contributed by atoms with Crippen molar-refractivity contribution in [3.8, 4) is 0 Å². The third-order valence-electron chi connectivity index (χ3n) is 4.32. The van der Waals surface area contributed by atoms with Crippen LogP contribution in [0.5, 0.6) is 0 Å². The second-order valence-corrected chi connectivity index (χ2v) is 5.23. The van der Waals surface area contributed by atoms with E-state index in [1.54, 1.807) is 4.90 Å². The molecular formula is C11H19N3O2.